The first kappa shape index (κ1) is 11.5. The van der Waals surface area contributed by atoms with Gasteiger partial charge < -0.3 is 4.90 Å². The van der Waals surface area contributed by atoms with Crippen molar-refractivity contribution < 1.29 is 0 Å². The van der Waals surface area contributed by atoms with Crippen molar-refractivity contribution in [1.29, 1.82) is 0 Å². The van der Waals surface area contributed by atoms with E-state index in [9.17, 15) is 0 Å². The van der Waals surface area contributed by atoms with Crippen LogP contribution in [0.2, 0.25) is 0 Å². The van der Waals surface area contributed by atoms with Crippen LogP contribution in [0.5, 0.6) is 0 Å². The van der Waals surface area contributed by atoms with E-state index >= 15 is 0 Å². The van der Waals surface area contributed by atoms with Gasteiger partial charge in [0.05, 0.1) is 0 Å². The average Bonchev–Trinajstić information content (AvgIpc) is 2.15. The SMILES string of the molecule is CCCC(C1=C(C)CC=CC1)N(C)C. The maximum absolute atomic E-state index is 2.36. The van der Waals surface area contributed by atoms with Gasteiger partial charge in [0.2, 0.25) is 0 Å². The third-order valence-electron chi connectivity index (χ3n) is 3.06. The zero-order valence-corrected chi connectivity index (χ0v) is 10.0. The number of nitrogens with zero attached hydrogens (tertiary/aromatic N) is 1. The summed E-state index contributed by atoms with van der Waals surface area (Å²) >= 11 is 0. The Kier molecular flexibility index (Phi) is 4.40. The van der Waals surface area contributed by atoms with E-state index in [1.54, 1.807) is 11.1 Å². The summed E-state index contributed by atoms with van der Waals surface area (Å²) in [6, 6.07) is 0.657. The van der Waals surface area contributed by atoms with Crippen LogP contribution in [0.25, 0.3) is 0 Å². The highest BCUT2D eigenvalue weighted by atomic mass is 15.1. The lowest BCUT2D eigenvalue weighted by atomic mass is 9.89. The van der Waals surface area contributed by atoms with Gasteiger partial charge in [-0.2, -0.15) is 0 Å². The molecule has 1 aliphatic rings. The molecule has 0 bridgehead atoms. The summed E-state index contributed by atoms with van der Waals surface area (Å²) in [7, 11) is 4.39. The van der Waals surface area contributed by atoms with E-state index in [-0.39, 0.29) is 0 Å². The van der Waals surface area contributed by atoms with E-state index in [2.05, 4.69) is 45.0 Å². The van der Waals surface area contributed by atoms with E-state index in [0.29, 0.717) is 6.04 Å². The molecule has 0 amide bonds. The first-order chi connectivity index (χ1) is 6.66. The molecule has 1 rings (SSSR count). The lowest BCUT2D eigenvalue weighted by Crippen LogP contribution is -2.30. The van der Waals surface area contributed by atoms with Gasteiger partial charge in [-0.1, -0.05) is 36.6 Å². The predicted molar refractivity (Wildman–Crippen MR) is 63.5 cm³/mol. The normalized spacial score (nSPS) is 19.2. The number of allylic oxidation sites excluding steroid dienone is 3. The highest BCUT2D eigenvalue weighted by Crippen LogP contribution is 2.26. The highest BCUT2D eigenvalue weighted by Gasteiger charge is 2.18. The Labute approximate surface area is 88.5 Å². The van der Waals surface area contributed by atoms with E-state index in [0.717, 1.165) is 12.8 Å². The molecule has 0 aliphatic heterocycles. The van der Waals surface area contributed by atoms with Crippen LogP contribution >= 0.6 is 0 Å². The zero-order valence-electron chi connectivity index (χ0n) is 10.0. The Balaban J connectivity index is 2.76. The maximum Gasteiger partial charge on any atom is 0.0307 e. The summed E-state index contributed by atoms with van der Waals surface area (Å²) in [4.78, 5) is 2.36. The van der Waals surface area contributed by atoms with Crippen molar-refractivity contribution in [3.63, 3.8) is 0 Å². The van der Waals surface area contributed by atoms with Crippen molar-refractivity contribution in [2.75, 3.05) is 14.1 Å². The Morgan fingerprint density at radius 1 is 1.29 bits per heavy atom. The molecule has 0 aromatic heterocycles. The van der Waals surface area contributed by atoms with Crippen LogP contribution in [0.15, 0.2) is 23.3 Å². The molecular formula is C13H23N. The molecule has 1 heteroatoms. The van der Waals surface area contributed by atoms with E-state index < -0.39 is 0 Å². The monoisotopic (exact) mass is 193 g/mol. The van der Waals surface area contributed by atoms with Gasteiger partial charge in [-0.05, 0) is 40.3 Å². The van der Waals surface area contributed by atoms with Gasteiger partial charge in [-0.3, -0.25) is 0 Å². The third kappa shape index (κ3) is 2.71. The quantitative estimate of drug-likeness (QED) is 0.619. The fraction of sp³-hybridized carbons (Fsp3) is 0.692. The first-order valence-electron chi connectivity index (χ1n) is 5.66. The molecule has 0 spiro atoms. The summed E-state index contributed by atoms with van der Waals surface area (Å²) in [6.07, 6.45) is 9.47. The molecule has 0 heterocycles. The topological polar surface area (TPSA) is 3.24 Å². The fourth-order valence-corrected chi connectivity index (χ4v) is 2.21. The second kappa shape index (κ2) is 5.35. The van der Waals surface area contributed by atoms with Gasteiger partial charge in [0, 0.05) is 6.04 Å². The number of hydrogen-bond acceptors (Lipinski definition) is 1. The Morgan fingerprint density at radius 3 is 2.43 bits per heavy atom. The van der Waals surface area contributed by atoms with Crippen LogP contribution in [0, 0.1) is 0 Å². The minimum atomic E-state index is 0.657. The average molecular weight is 193 g/mol. The molecule has 1 aliphatic carbocycles. The molecule has 14 heavy (non-hydrogen) atoms. The van der Waals surface area contributed by atoms with Crippen molar-refractivity contribution in [1.82, 2.24) is 4.90 Å². The highest BCUT2D eigenvalue weighted by molar-refractivity contribution is 5.26. The Bertz CT molecular complexity index is 236. The van der Waals surface area contributed by atoms with Crippen molar-refractivity contribution in [2.24, 2.45) is 0 Å². The minimum absolute atomic E-state index is 0.657. The molecule has 0 fully saturated rings. The largest absolute Gasteiger partial charge is 0.303 e. The van der Waals surface area contributed by atoms with Crippen molar-refractivity contribution in [3.8, 4) is 0 Å². The maximum atomic E-state index is 2.36. The first-order valence-corrected chi connectivity index (χ1v) is 5.66. The van der Waals surface area contributed by atoms with Gasteiger partial charge >= 0.3 is 0 Å². The standard InChI is InChI=1S/C13H23N/c1-5-8-13(14(3)4)12-10-7-6-9-11(12)2/h6-7,13H,5,8-10H2,1-4H3. The van der Waals surface area contributed by atoms with E-state index in [1.165, 1.54) is 12.8 Å². The number of hydrogen-bond donors (Lipinski definition) is 0. The van der Waals surface area contributed by atoms with Crippen LogP contribution in [-0.2, 0) is 0 Å². The molecule has 1 nitrogen and oxygen atoms in total. The lowest BCUT2D eigenvalue weighted by Gasteiger charge is -2.29. The number of rotatable bonds is 4. The molecule has 80 valence electrons. The van der Waals surface area contributed by atoms with Gasteiger partial charge in [-0.25, -0.2) is 0 Å². The van der Waals surface area contributed by atoms with Crippen LogP contribution in [0.1, 0.15) is 39.5 Å². The van der Waals surface area contributed by atoms with E-state index in [1.807, 2.05) is 0 Å². The molecule has 0 aromatic carbocycles. The van der Waals surface area contributed by atoms with E-state index in [4.69, 9.17) is 0 Å². The van der Waals surface area contributed by atoms with Crippen molar-refractivity contribution in [3.05, 3.63) is 23.3 Å². The molecule has 1 unspecified atom stereocenters. The van der Waals surface area contributed by atoms with Crippen molar-refractivity contribution in [2.45, 2.75) is 45.6 Å². The third-order valence-corrected chi connectivity index (χ3v) is 3.06. The number of likely N-dealkylation sites (N-methyl/N-ethyl adjacent to an activating group) is 1. The van der Waals surface area contributed by atoms with Crippen molar-refractivity contribution >= 4 is 0 Å². The summed E-state index contributed by atoms with van der Waals surface area (Å²) in [5.41, 5.74) is 3.24. The molecular weight excluding hydrogens is 170 g/mol. The second-order valence-corrected chi connectivity index (χ2v) is 4.45. The predicted octanol–water partition coefficient (Wildman–Crippen LogP) is 3.38. The fourth-order valence-electron chi connectivity index (χ4n) is 2.21. The zero-order chi connectivity index (χ0) is 10.6. The molecule has 0 saturated heterocycles. The van der Waals surface area contributed by atoms with Gasteiger partial charge in [0.15, 0.2) is 0 Å². The van der Waals surface area contributed by atoms with Gasteiger partial charge in [0.25, 0.3) is 0 Å². The van der Waals surface area contributed by atoms with Gasteiger partial charge in [0.1, 0.15) is 0 Å². The van der Waals surface area contributed by atoms with Gasteiger partial charge in [-0.15, -0.1) is 0 Å². The second-order valence-electron chi connectivity index (χ2n) is 4.45. The summed E-state index contributed by atoms with van der Waals surface area (Å²) in [6.45, 7) is 4.55. The molecule has 0 aromatic rings. The Morgan fingerprint density at radius 2 is 1.93 bits per heavy atom. The lowest BCUT2D eigenvalue weighted by molar-refractivity contribution is 0.307. The summed E-state index contributed by atoms with van der Waals surface area (Å²) in [5, 5.41) is 0. The summed E-state index contributed by atoms with van der Waals surface area (Å²) in [5.74, 6) is 0. The molecule has 0 N–H and O–H groups in total. The molecule has 0 saturated carbocycles. The van der Waals surface area contributed by atoms with Crippen LogP contribution in [0.4, 0.5) is 0 Å². The Hall–Kier alpha value is -0.560. The van der Waals surface area contributed by atoms with Crippen LogP contribution in [0.3, 0.4) is 0 Å². The summed E-state index contributed by atoms with van der Waals surface area (Å²) < 4.78 is 0. The van der Waals surface area contributed by atoms with Crippen LogP contribution in [-0.4, -0.2) is 25.0 Å². The molecule has 1 atom stereocenters. The molecule has 0 radical (unpaired) electrons. The minimum Gasteiger partial charge on any atom is -0.303 e. The smallest absolute Gasteiger partial charge is 0.0307 e. The van der Waals surface area contributed by atoms with Crippen LogP contribution < -0.4 is 0 Å².